The lowest BCUT2D eigenvalue weighted by Gasteiger charge is -2.21. The molecule has 4 rings (SSSR count). The number of benzene rings is 1. The summed E-state index contributed by atoms with van der Waals surface area (Å²) in [6.45, 7) is 2.04. The summed E-state index contributed by atoms with van der Waals surface area (Å²) in [4.78, 5) is 26.3. The summed E-state index contributed by atoms with van der Waals surface area (Å²) in [6.07, 6.45) is 1.53. The van der Waals surface area contributed by atoms with Crippen LogP contribution >= 0.6 is 0 Å². The molecular weight excluding hydrogens is 242 g/mol. The quantitative estimate of drug-likeness (QED) is 0.569. The van der Waals surface area contributed by atoms with Crippen LogP contribution in [0.4, 0.5) is 5.69 Å². The smallest absolute Gasteiger partial charge is 0.237 e. The summed E-state index contributed by atoms with van der Waals surface area (Å²) in [7, 11) is 0. The number of fused-ring (bicyclic) bond motifs is 2. The zero-order valence-corrected chi connectivity index (χ0v) is 10.7. The number of nitrogens with zero attached hydrogens (tertiary/aromatic N) is 1. The van der Waals surface area contributed by atoms with E-state index in [0.717, 1.165) is 0 Å². The molecule has 0 bridgehead atoms. The molecule has 3 fully saturated rings. The molecule has 4 nitrogen and oxygen atoms in total. The molecule has 4 atom stereocenters. The second-order valence-corrected chi connectivity index (χ2v) is 5.92. The molecule has 0 unspecified atom stereocenters. The van der Waals surface area contributed by atoms with Crippen molar-refractivity contribution < 1.29 is 14.3 Å². The topological polar surface area (TPSA) is 49.9 Å². The van der Waals surface area contributed by atoms with E-state index in [1.165, 1.54) is 4.90 Å². The van der Waals surface area contributed by atoms with Crippen molar-refractivity contribution in [2.75, 3.05) is 4.90 Å². The lowest BCUT2D eigenvalue weighted by molar-refractivity contribution is -0.122. The van der Waals surface area contributed by atoms with Gasteiger partial charge in [-0.15, -0.1) is 0 Å². The van der Waals surface area contributed by atoms with Crippen LogP contribution in [0.5, 0.6) is 0 Å². The zero-order valence-electron chi connectivity index (χ0n) is 10.7. The third-order valence-electron chi connectivity index (χ3n) is 4.70. The van der Waals surface area contributed by atoms with E-state index < -0.39 is 0 Å². The van der Waals surface area contributed by atoms with Gasteiger partial charge in [0.1, 0.15) is 0 Å². The normalized spacial score (nSPS) is 40.1. The Labute approximate surface area is 111 Å². The molecule has 1 aromatic rings. The van der Waals surface area contributed by atoms with Gasteiger partial charge in [-0.2, -0.15) is 0 Å². The van der Waals surface area contributed by atoms with Crippen molar-refractivity contribution >= 4 is 17.5 Å². The summed E-state index contributed by atoms with van der Waals surface area (Å²) < 4.78 is 5.62. The Kier molecular flexibility index (Phi) is 2.03. The molecule has 0 N–H and O–H groups in total. The summed E-state index contributed by atoms with van der Waals surface area (Å²) in [5.74, 6) is -0.500. The van der Waals surface area contributed by atoms with E-state index in [1.54, 1.807) is 0 Å². The van der Waals surface area contributed by atoms with E-state index >= 15 is 0 Å². The fourth-order valence-corrected chi connectivity index (χ4v) is 3.55. The Morgan fingerprint density at radius 2 is 1.84 bits per heavy atom. The van der Waals surface area contributed by atoms with Gasteiger partial charge < -0.3 is 4.74 Å². The average Bonchev–Trinajstić information content (AvgIpc) is 3.02. The predicted octanol–water partition coefficient (Wildman–Crippen LogP) is 1.74. The monoisotopic (exact) mass is 257 g/mol. The molecule has 1 aliphatic carbocycles. The van der Waals surface area contributed by atoms with E-state index in [9.17, 15) is 9.59 Å². The van der Waals surface area contributed by atoms with E-state index in [-0.39, 0.29) is 35.4 Å². The van der Waals surface area contributed by atoms with Crippen LogP contribution in [-0.4, -0.2) is 23.5 Å². The van der Waals surface area contributed by atoms with Crippen molar-refractivity contribution in [2.45, 2.75) is 31.5 Å². The van der Waals surface area contributed by atoms with Crippen LogP contribution in [0.25, 0.3) is 0 Å². The Bertz CT molecular complexity index is 570. The Balaban J connectivity index is 1.69. The van der Waals surface area contributed by atoms with Gasteiger partial charge in [-0.3, -0.25) is 14.5 Å². The van der Waals surface area contributed by atoms with Crippen molar-refractivity contribution in [1.82, 2.24) is 0 Å². The Morgan fingerprint density at radius 1 is 1.16 bits per heavy atom. The molecule has 1 saturated carbocycles. The molecule has 2 amide bonds. The van der Waals surface area contributed by atoms with Gasteiger partial charge >= 0.3 is 0 Å². The molecule has 2 saturated heterocycles. The SMILES string of the molecule is C[C@]12C[C@@H]3C(=O)N(c4ccccc4)C(=O)[C@H]3C[C@H]1O2. The van der Waals surface area contributed by atoms with Crippen molar-refractivity contribution in [1.29, 1.82) is 0 Å². The molecule has 2 aliphatic heterocycles. The number of para-hydroxylation sites is 1. The molecule has 4 heteroatoms. The van der Waals surface area contributed by atoms with Crippen LogP contribution in [0.15, 0.2) is 30.3 Å². The van der Waals surface area contributed by atoms with Gasteiger partial charge in [0.2, 0.25) is 11.8 Å². The third kappa shape index (κ3) is 1.43. The molecule has 19 heavy (non-hydrogen) atoms. The molecule has 2 heterocycles. The van der Waals surface area contributed by atoms with Gasteiger partial charge in [-0.1, -0.05) is 18.2 Å². The number of rotatable bonds is 1. The first kappa shape index (κ1) is 11.2. The number of imide groups is 1. The number of amides is 2. The van der Waals surface area contributed by atoms with Gasteiger partial charge in [0.25, 0.3) is 0 Å². The first-order valence-corrected chi connectivity index (χ1v) is 6.71. The second-order valence-electron chi connectivity index (χ2n) is 5.92. The minimum Gasteiger partial charge on any atom is -0.366 e. The largest absolute Gasteiger partial charge is 0.366 e. The number of carbonyl (C=O) groups excluding carboxylic acids is 2. The number of epoxide rings is 1. The summed E-state index contributed by atoms with van der Waals surface area (Å²) in [6, 6.07) is 9.20. The minimum absolute atomic E-state index is 0.0567. The molecule has 98 valence electrons. The van der Waals surface area contributed by atoms with Gasteiger partial charge in [0.05, 0.1) is 29.2 Å². The summed E-state index contributed by atoms with van der Waals surface area (Å²) in [5, 5.41) is 0. The molecule has 0 spiro atoms. The predicted molar refractivity (Wildman–Crippen MR) is 68.4 cm³/mol. The number of carbonyl (C=O) groups is 2. The number of ether oxygens (including phenoxy) is 1. The highest BCUT2D eigenvalue weighted by molar-refractivity contribution is 6.22. The van der Waals surface area contributed by atoms with Crippen LogP contribution in [0.1, 0.15) is 19.8 Å². The van der Waals surface area contributed by atoms with E-state index in [1.807, 2.05) is 37.3 Å². The molecule has 3 aliphatic rings. The van der Waals surface area contributed by atoms with Gasteiger partial charge in [-0.05, 0) is 31.9 Å². The van der Waals surface area contributed by atoms with Gasteiger partial charge in [0.15, 0.2) is 0 Å². The lowest BCUT2D eigenvalue weighted by atomic mass is 9.76. The van der Waals surface area contributed by atoms with Gasteiger partial charge in [-0.25, -0.2) is 0 Å². The fraction of sp³-hybridized carbons (Fsp3) is 0.467. The second kappa shape index (κ2) is 3.45. The van der Waals surface area contributed by atoms with Crippen molar-refractivity contribution in [2.24, 2.45) is 11.8 Å². The molecule has 0 radical (unpaired) electrons. The van der Waals surface area contributed by atoms with E-state index in [0.29, 0.717) is 18.5 Å². The maximum atomic E-state index is 12.5. The summed E-state index contributed by atoms with van der Waals surface area (Å²) in [5.41, 5.74) is 0.524. The van der Waals surface area contributed by atoms with Crippen LogP contribution < -0.4 is 4.90 Å². The van der Waals surface area contributed by atoms with Crippen LogP contribution in [0.2, 0.25) is 0 Å². The molecule has 1 aromatic carbocycles. The number of hydrogen-bond acceptors (Lipinski definition) is 3. The first-order valence-electron chi connectivity index (χ1n) is 6.71. The standard InChI is InChI=1S/C15H15NO3/c1-15-8-11-10(7-12(15)19-15)13(17)16(14(11)18)9-5-3-2-4-6-9/h2-6,10-12H,7-8H2,1H3/t10-,11-,12+,15-/m0/s1. The van der Waals surface area contributed by atoms with Crippen molar-refractivity contribution in [3.05, 3.63) is 30.3 Å². The van der Waals surface area contributed by atoms with E-state index in [4.69, 9.17) is 4.74 Å². The highest BCUT2D eigenvalue weighted by atomic mass is 16.6. The van der Waals surface area contributed by atoms with Crippen molar-refractivity contribution in [3.63, 3.8) is 0 Å². The minimum atomic E-state index is -0.198. The van der Waals surface area contributed by atoms with Gasteiger partial charge in [0, 0.05) is 0 Å². The highest BCUT2D eigenvalue weighted by Gasteiger charge is 2.64. The first-order chi connectivity index (χ1) is 9.10. The zero-order chi connectivity index (χ0) is 13.2. The van der Waals surface area contributed by atoms with Crippen LogP contribution in [0.3, 0.4) is 0 Å². The highest BCUT2D eigenvalue weighted by Crippen LogP contribution is 2.54. The number of hydrogen-bond donors (Lipinski definition) is 0. The maximum absolute atomic E-state index is 12.5. The lowest BCUT2D eigenvalue weighted by Crippen LogP contribution is -2.32. The Morgan fingerprint density at radius 3 is 2.58 bits per heavy atom. The van der Waals surface area contributed by atoms with Crippen molar-refractivity contribution in [3.8, 4) is 0 Å². The van der Waals surface area contributed by atoms with E-state index in [2.05, 4.69) is 0 Å². The fourth-order valence-electron chi connectivity index (χ4n) is 3.55. The Hall–Kier alpha value is -1.68. The maximum Gasteiger partial charge on any atom is 0.237 e. The molecule has 0 aromatic heterocycles. The number of anilines is 1. The van der Waals surface area contributed by atoms with Crippen LogP contribution in [-0.2, 0) is 14.3 Å². The molecular formula is C15H15NO3. The van der Waals surface area contributed by atoms with Crippen LogP contribution in [0, 0.1) is 11.8 Å². The average molecular weight is 257 g/mol. The summed E-state index contributed by atoms with van der Waals surface area (Å²) >= 11 is 0. The third-order valence-corrected chi connectivity index (χ3v) is 4.70.